The summed E-state index contributed by atoms with van der Waals surface area (Å²) >= 11 is 0. The molecule has 1 aromatic rings. The minimum atomic E-state index is -0.649. The topological polar surface area (TPSA) is 56.8 Å². The third-order valence-corrected chi connectivity index (χ3v) is 4.08. The summed E-state index contributed by atoms with van der Waals surface area (Å²) in [5, 5.41) is 2.98. The molecule has 0 atom stereocenters. The Hall–Kier alpha value is -1.59. The van der Waals surface area contributed by atoms with Gasteiger partial charge in [-0.1, -0.05) is 6.92 Å². The van der Waals surface area contributed by atoms with Gasteiger partial charge in [-0.3, -0.25) is 4.79 Å². The average Bonchev–Trinajstić information content (AvgIpc) is 3.05. The van der Waals surface area contributed by atoms with Gasteiger partial charge in [-0.25, -0.2) is 0 Å². The van der Waals surface area contributed by atoms with E-state index >= 15 is 0 Å². The monoisotopic (exact) mass is 321 g/mol. The van der Waals surface area contributed by atoms with Crippen molar-refractivity contribution in [2.24, 2.45) is 0 Å². The Balaban J connectivity index is 1.93. The molecule has 1 N–H and O–H groups in total. The van der Waals surface area contributed by atoms with E-state index in [4.69, 9.17) is 14.2 Å². The Morgan fingerprint density at radius 3 is 2.43 bits per heavy atom. The predicted octanol–water partition coefficient (Wildman–Crippen LogP) is 3.39. The number of carbonyl (C=O) groups excluding carboxylic acids is 1. The van der Waals surface area contributed by atoms with E-state index in [0.29, 0.717) is 19.8 Å². The number of hydrogen-bond acceptors (Lipinski definition) is 4. The zero-order chi connectivity index (χ0) is 16.5. The fourth-order valence-corrected chi connectivity index (χ4v) is 2.80. The molecular weight excluding hydrogens is 294 g/mol. The molecule has 0 bridgehead atoms. The van der Waals surface area contributed by atoms with E-state index in [0.717, 1.165) is 43.5 Å². The van der Waals surface area contributed by atoms with Gasteiger partial charge in [0.2, 0.25) is 0 Å². The summed E-state index contributed by atoms with van der Waals surface area (Å²) < 4.78 is 16.4. The van der Waals surface area contributed by atoms with Crippen molar-refractivity contribution in [1.29, 1.82) is 0 Å². The van der Waals surface area contributed by atoms with Gasteiger partial charge in [0.15, 0.2) is 0 Å². The number of anilines is 1. The second-order valence-electron chi connectivity index (χ2n) is 5.87. The van der Waals surface area contributed by atoms with Crippen LogP contribution in [0, 0.1) is 0 Å². The van der Waals surface area contributed by atoms with E-state index in [1.54, 1.807) is 7.11 Å². The minimum absolute atomic E-state index is 0.0310. The minimum Gasteiger partial charge on any atom is -0.491 e. The largest absolute Gasteiger partial charge is 0.491 e. The maximum Gasteiger partial charge on any atom is 0.256 e. The number of amides is 1. The summed E-state index contributed by atoms with van der Waals surface area (Å²) in [5.74, 6) is 0.731. The standard InChI is InChI=1S/C18H27NO4/c1-3-12-23-18(10-4-5-11-18)17(20)19-15-6-8-16(9-7-15)22-14-13-21-2/h6-9H,3-5,10-14H2,1-2H3,(H,19,20). The van der Waals surface area contributed by atoms with Crippen molar-refractivity contribution < 1.29 is 19.0 Å². The van der Waals surface area contributed by atoms with Crippen molar-refractivity contribution in [3.05, 3.63) is 24.3 Å². The summed E-state index contributed by atoms with van der Waals surface area (Å²) in [6, 6.07) is 7.39. The summed E-state index contributed by atoms with van der Waals surface area (Å²) in [5.41, 5.74) is 0.115. The fourth-order valence-electron chi connectivity index (χ4n) is 2.80. The van der Waals surface area contributed by atoms with Crippen LogP contribution in [-0.2, 0) is 14.3 Å². The highest BCUT2D eigenvalue weighted by Crippen LogP contribution is 2.34. The van der Waals surface area contributed by atoms with Gasteiger partial charge in [-0.05, 0) is 56.4 Å². The van der Waals surface area contributed by atoms with Crippen LogP contribution in [0.3, 0.4) is 0 Å². The third kappa shape index (κ3) is 4.94. The Labute approximate surface area is 138 Å². The van der Waals surface area contributed by atoms with Gasteiger partial charge in [-0.15, -0.1) is 0 Å². The van der Waals surface area contributed by atoms with Crippen LogP contribution in [0.15, 0.2) is 24.3 Å². The molecule has 5 heteroatoms. The van der Waals surface area contributed by atoms with Crippen molar-refractivity contribution in [3.63, 3.8) is 0 Å². The molecule has 5 nitrogen and oxygen atoms in total. The number of benzene rings is 1. The quantitative estimate of drug-likeness (QED) is 0.708. The summed E-state index contributed by atoms with van der Waals surface area (Å²) in [6.45, 7) is 3.74. The van der Waals surface area contributed by atoms with Gasteiger partial charge in [-0.2, -0.15) is 0 Å². The van der Waals surface area contributed by atoms with Crippen LogP contribution >= 0.6 is 0 Å². The molecule has 0 unspecified atom stereocenters. The lowest BCUT2D eigenvalue weighted by atomic mass is 10.0. The molecule has 0 saturated heterocycles. The number of methoxy groups -OCH3 is 1. The predicted molar refractivity (Wildman–Crippen MR) is 89.9 cm³/mol. The van der Waals surface area contributed by atoms with Crippen molar-refractivity contribution in [2.75, 3.05) is 32.2 Å². The van der Waals surface area contributed by atoms with Crippen molar-refractivity contribution in [3.8, 4) is 5.75 Å². The highest BCUT2D eigenvalue weighted by atomic mass is 16.5. The van der Waals surface area contributed by atoms with Crippen LogP contribution in [0.25, 0.3) is 0 Å². The number of hydrogen-bond donors (Lipinski definition) is 1. The first kappa shape index (κ1) is 17.8. The summed E-state index contributed by atoms with van der Waals surface area (Å²) in [7, 11) is 1.64. The molecule has 2 rings (SSSR count). The van der Waals surface area contributed by atoms with Gasteiger partial charge in [0.05, 0.1) is 6.61 Å². The second kappa shape index (κ2) is 8.89. The lowest BCUT2D eigenvalue weighted by Crippen LogP contribution is -2.43. The van der Waals surface area contributed by atoms with Gasteiger partial charge in [0.25, 0.3) is 5.91 Å². The SMILES string of the molecule is CCCOC1(C(=O)Nc2ccc(OCCOC)cc2)CCCC1. The van der Waals surface area contributed by atoms with E-state index < -0.39 is 5.60 Å². The molecule has 1 aromatic carbocycles. The van der Waals surface area contributed by atoms with Crippen LogP contribution in [-0.4, -0.2) is 38.4 Å². The molecule has 0 aromatic heterocycles. The molecule has 0 heterocycles. The van der Waals surface area contributed by atoms with Crippen molar-refractivity contribution >= 4 is 11.6 Å². The molecule has 1 saturated carbocycles. The molecule has 1 fully saturated rings. The molecular formula is C18H27NO4. The van der Waals surface area contributed by atoms with Crippen molar-refractivity contribution in [1.82, 2.24) is 0 Å². The van der Waals surface area contributed by atoms with E-state index in [1.807, 2.05) is 24.3 Å². The fraction of sp³-hybridized carbons (Fsp3) is 0.611. The molecule has 0 aliphatic heterocycles. The number of rotatable bonds is 9. The molecule has 1 aliphatic carbocycles. The second-order valence-corrected chi connectivity index (χ2v) is 5.87. The first-order valence-electron chi connectivity index (χ1n) is 8.37. The average molecular weight is 321 g/mol. The summed E-state index contributed by atoms with van der Waals surface area (Å²) in [4.78, 5) is 12.7. The molecule has 23 heavy (non-hydrogen) atoms. The maximum absolute atomic E-state index is 12.7. The maximum atomic E-state index is 12.7. The van der Waals surface area contributed by atoms with Crippen molar-refractivity contribution in [2.45, 2.75) is 44.6 Å². The third-order valence-electron chi connectivity index (χ3n) is 4.08. The van der Waals surface area contributed by atoms with E-state index in [9.17, 15) is 4.79 Å². The van der Waals surface area contributed by atoms with Gasteiger partial charge < -0.3 is 19.5 Å². The number of nitrogens with one attached hydrogen (secondary N) is 1. The Morgan fingerprint density at radius 1 is 1.13 bits per heavy atom. The van der Waals surface area contributed by atoms with Crippen LogP contribution in [0.5, 0.6) is 5.75 Å². The Kier molecular flexibility index (Phi) is 6.86. The number of ether oxygens (including phenoxy) is 3. The van der Waals surface area contributed by atoms with Gasteiger partial charge in [0, 0.05) is 19.4 Å². The number of carbonyl (C=O) groups is 1. The van der Waals surface area contributed by atoms with Crippen LogP contribution < -0.4 is 10.1 Å². The first-order chi connectivity index (χ1) is 11.2. The van der Waals surface area contributed by atoms with Gasteiger partial charge >= 0.3 is 0 Å². The normalized spacial score (nSPS) is 16.3. The highest BCUT2D eigenvalue weighted by Gasteiger charge is 2.42. The van der Waals surface area contributed by atoms with E-state index in [1.165, 1.54) is 0 Å². The summed E-state index contributed by atoms with van der Waals surface area (Å²) in [6.07, 6.45) is 4.61. The first-order valence-corrected chi connectivity index (χ1v) is 8.37. The van der Waals surface area contributed by atoms with Gasteiger partial charge in [0.1, 0.15) is 18.0 Å². The Morgan fingerprint density at radius 2 is 1.83 bits per heavy atom. The lowest BCUT2D eigenvalue weighted by Gasteiger charge is -2.28. The van der Waals surface area contributed by atoms with Crippen LogP contribution in [0.1, 0.15) is 39.0 Å². The smallest absolute Gasteiger partial charge is 0.256 e. The highest BCUT2D eigenvalue weighted by molar-refractivity contribution is 5.97. The van der Waals surface area contributed by atoms with Crippen LogP contribution in [0.4, 0.5) is 5.69 Å². The molecule has 1 aliphatic rings. The zero-order valence-electron chi connectivity index (χ0n) is 14.1. The molecule has 0 radical (unpaired) electrons. The van der Waals surface area contributed by atoms with E-state index in [2.05, 4.69) is 12.2 Å². The zero-order valence-corrected chi connectivity index (χ0v) is 14.1. The molecule has 128 valence electrons. The van der Waals surface area contributed by atoms with E-state index in [-0.39, 0.29) is 5.91 Å². The van der Waals surface area contributed by atoms with Crippen LogP contribution in [0.2, 0.25) is 0 Å². The lowest BCUT2D eigenvalue weighted by molar-refractivity contribution is -0.140. The molecule has 1 amide bonds. The Bertz CT molecular complexity index is 480. The molecule has 0 spiro atoms.